The highest BCUT2D eigenvalue weighted by atomic mass is 19.4. The lowest BCUT2D eigenvalue weighted by Gasteiger charge is -2.27. The van der Waals surface area contributed by atoms with E-state index in [4.69, 9.17) is 9.84 Å². The Bertz CT molecular complexity index is 588. The topological polar surface area (TPSA) is 46.5 Å². The second-order valence-corrected chi connectivity index (χ2v) is 4.61. The van der Waals surface area contributed by atoms with E-state index < -0.39 is 23.8 Å². The highest BCUT2D eigenvalue weighted by Gasteiger charge is 2.48. The molecule has 1 aromatic rings. The van der Waals surface area contributed by atoms with Gasteiger partial charge in [0, 0.05) is 5.56 Å². The predicted molar refractivity (Wildman–Crippen MR) is 66.6 cm³/mol. The zero-order valence-corrected chi connectivity index (χ0v) is 10.9. The Morgan fingerprint density at radius 3 is 2.55 bits per heavy atom. The van der Waals surface area contributed by atoms with Crippen molar-refractivity contribution in [2.45, 2.75) is 32.5 Å². The molecule has 2 rings (SSSR count). The van der Waals surface area contributed by atoms with Crippen LogP contribution < -0.4 is 4.74 Å². The predicted octanol–water partition coefficient (Wildman–Crippen LogP) is 3.35. The summed E-state index contributed by atoms with van der Waals surface area (Å²) >= 11 is 0. The van der Waals surface area contributed by atoms with Crippen molar-refractivity contribution in [3.05, 3.63) is 34.4 Å². The van der Waals surface area contributed by atoms with Crippen molar-refractivity contribution < 1.29 is 27.8 Å². The number of benzene rings is 1. The van der Waals surface area contributed by atoms with E-state index in [1.54, 1.807) is 13.0 Å². The van der Waals surface area contributed by atoms with E-state index in [-0.39, 0.29) is 5.75 Å². The summed E-state index contributed by atoms with van der Waals surface area (Å²) in [5, 5.41) is 8.93. The summed E-state index contributed by atoms with van der Waals surface area (Å²) < 4.78 is 43.5. The second kappa shape index (κ2) is 4.85. The van der Waals surface area contributed by atoms with Gasteiger partial charge in [-0.1, -0.05) is 6.92 Å². The van der Waals surface area contributed by atoms with Crippen LogP contribution >= 0.6 is 0 Å². The molecule has 0 amide bonds. The fourth-order valence-electron chi connectivity index (χ4n) is 2.19. The van der Waals surface area contributed by atoms with Gasteiger partial charge in [-0.3, -0.25) is 0 Å². The monoisotopic (exact) mass is 286 g/mol. The number of fused-ring (bicyclic) bond motifs is 1. The first-order valence-corrected chi connectivity index (χ1v) is 6.05. The summed E-state index contributed by atoms with van der Waals surface area (Å²) in [7, 11) is 0. The van der Waals surface area contributed by atoms with Crippen LogP contribution in [0.2, 0.25) is 0 Å². The largest absolute Gasteiger partial charge is 0.478 e. The Balaban J connectivity index is 2.57. The molecule has 1 N–H and O–H groups in total. The van der Waals surface area contributed by atoms with Crippen molar-refractivity contribution in [2.75, 3.05) is 0 Å². The molecule has 1 heterocycles. The molecule has 1 atom stereocenters. The third-order valence-corrected chi connectivity index (χ3v) is 3.23. The molecule has 108 valence electrons. The van der Waals surface area contributed by atoms with E-state index in [9.17, 15) is 18.0 Å². The second-order valence-electron chi connectivity index (χ2n) is 4.61. The standard InChI is InChI=1S/C14H13F3O3/c1-3-8-5-9-6-10(13(18)19)12(14(15,16)17)20-11(9)4-7(8)2/h4-6,12H,3H2,1-2H3,(H,18,19). The van der Waals surface area contributed by atoms with Gasteiger partial charge in [0.25, 0.3) is 0 Å². The molecule has 6 heteroatoms. The number of ether oxygens (including phenoxy) is 1. The lowest BCUT2D eigenvalue weighted by Crippen LogP contribution is -2.40. The quantitative estimate of drug-likeness (QED) is 0.907. The van der Waals surface area contributed by atoms with Crippen LogP contribution in [-0.4, -0.2) is 23.4 Å². The molecule has 0 saturated carbocycles. The molecule has 1 aromatic carbocycles. The molecule has 1 unspecified atom stereocenters. The van der Waals surface area contributed by atoms with Gasteiger partial charge in [0.05, 0.1) is 5.57 Å². The van der Waals surface area contributed by atoms with Gasteiger partial charge < -0.3 is 9.84 Å². The van der Waals surface area contributed by atoms with Gasteiger partial charge in [-0.05, 0) is 42.7 Å². The number of halogens is 3. The number of carboxylic acid groups (broad SMARTS) is 1. The van der Waals surface area contributed by atoms with Crippen LogP contribution in [0.4, 0.5) is 13.2 Å². The first-order chi connectivity index (χ1) is 9.24. The van der Waals surface area contributed by atoms with Crippen molar-refractivity contribution in [3.63, 3.8) is 0 Å². The van der Waals surface area contributed by atoms with E-state index in [0.29, 0.717) is 12.0 Å². The van der Waals surface area contributed by atoms with Crippen molar-refractivity contribution >= 4 is 12.0 Å². The highest BCUT2D eigenvalue weighted by Crippen LogP contribution is 2.38. The summed E-state index contributed by atoms with van der Waals surface area (Å²) in [6.45, 7) is 3.69. The maximum atomic E-state index is 12.9. The van der Waals surface area contributed by atoms with Gasteiger partial charge in [0.15, 0.2) is 0 Å². The Labute approximate surface area is 113 Å². The van der Waals surface area contributed by atoms with Gasteiger partial charge in [0.1, 0.15) is 5.75 Å². The van der Waals surface area contributed by atoms with E-state index in [0.717, 1.165) is 17.2 Å². The van der Waals surface area contributed by atoms with Crippen LogP contribution in [0.3, 0.4) is 0 Å². The van der Waals surface area contributed by atoms with Crippen LogP contribution in [0.1, 0.15) is 23.6 Å². The molecule has 0 aliphatic carbocycles. The van der Waals surface area contributed by atoms with Gasteiger partial charge in [-0.25, -0.2) is 4.79 Å². The smallest absolute Gasteiger partial charge is 0.430 e. The number of alkyl halides is 3. The summed E-state index contributed by atoms with van der Waals surface area (Å²) in [4.78, 5) is 11.0. The molecule has 20 heavy (non-hydrogen) atoms. The van der Waals surface area contributed by atoms with Crippen molar-refractivity contribution in [1.29, 1.82) is 0 Å². The zero-order valence-electron chi connectivity index (χ0n) is 10.9. The number of carboxylic acids is 1. The lowest BCUT2D eigenvalue weighted by molar-refractivity contribution is -0.187. The van der Waals surface area contributed by atoms with Crippen LogP contribution in [0, 0.1) is 6.92 Å². The Morgan fingerprint density at radius 2 is 2.05 bits per heavy atom. The summed E-state index contributed by atoms with van der Waals surface area (Å²) in [6.07, 6.45) is -5.45. The molecular weight excluding hydrogens is 273 g/mol. The molecule has 1 aliphatic rings. The molecule has 0 bridgehead atoms. The number of hydrogen-bond acceptors (Lipinski definition) is 2. The van der Waals surface area contributed by atoms with Crippen LogP contribution in [0.25, 0.3) is 6.08 Å². The van der Waals surface area contributed by atoms with E-state index in [2.05, 4.69) is 0 Å². The molecule has 0 aromatic heterocycles. The highest BCUT2D eigenvalue weighted by molar-refractivity contribution is 5.95. The normalized spacial score (nSPS) is 18.1. The SMILES string of the molecule is CCc1cc2c(cc1C)OC(C(F)(F)F)C(C(=O)O)=C2. The van der Waals surface area contributed by atoms with E-state index in [1.165, 1.54) is 6.07 Å². The Kier molecular flexibility index (Phi) is 3.50. The third kappa shape index (κ3) is 2.50. The molecule has 0 saturated heterocycles. The average molecular weight is 286 g/mol. The maximum Gasteiger partial charge on any atom is 0.430 e. The molecule has 1 aliphatic heterocycles. The average Bonchev–Trinajstić information content (AvgIpc) is 2.35. The van der Waals surface area contributed by atoms with Crippen molar-refractivity contribution in [1.82, 2.24) is 0 Å². The van der Waals surface area contributed by atoms with Crippen LogP contribution in [0.15, 0.2) is 17.7 Å². The number of carbonyl (C=O) groups is 1. The first-order valence-electron chi connectivity index (χ1n) is 6.05. The van der Waals surface area contributed by atoms with E-state index in [1.807, 2.05) is 6.92 Å². The molecule has 0 fully saturated rings. The maximum absolute atomic E-state index is 12.9. The van der Waals surface area contributed by atoms with Crippen molar-refractivity contribution in [3.8, 4) is 5.75 Å². The van der Waals surface area contributed by atoms with Crippen LogP contribution in [-0.2, 0) is 11.2 Å². The molecule has 3 nitrogen and oxygen atoms in total. The minimum absolute atomic E-state index is 0.0621. The van der Waals surface area contributed by atoms with Crippen LogP contribution in [0.5, 0.6) is 5.75 Å². The number of aryl methyl sites for hydroxylation is 2. The minimum atomic E-state index is -4.76. The van der Waals surface area contributed by atoms with Crippen molar-refractivity contribution in [2.24, 2.45) is 0 Å². The van der Waals surface area contributed by atoms with Gasteiger partial charge in [-0.2, -0.15) is 13.2 Å². The van der Waals surface area contributed by atoms with E-state index >= 15 is 0 Å². The molecule has 0 radical (unpaired) electrons. The van der Waals surface area contributed by atoms with Gasteiger partial charge in [-0.15, -0.1) is 0 Å². The summed E-state index contributed by atoms with van der Waals surface area (Å²) in [5.74, 6) is -1.57. The summed E-state index contributed by atoms with van der Waals surface area (Å²) in [5.41, 5.74) is 1.33. The fourth-order valence-corrected chi connectivity index (χ4v) is 2.19. The number of aliphatic carboxylic acids is 1. The zero-order chi connectivity index (χ0) is 15.1. The molecule has 0 spiro atoms. The lowest BCUT2D eigenvalue weighted by atomic mass is 9.96. The van der Waals surface area contributed by atoms with Gasteiger partial charge in [0.2, 0.25) is 6.10 Å². The Hall–Kier alpha value is -1.98. The first kappa shape index (κ1) is 14.4. The minimum Gasteiger partial charge on any atom is -0.478 e. The third-order valence-electron chi connectivity index (χ3n) is 3.23. The van der Waals surface area contributed by atoms with Gasteiger partial charge >= 0.3 is 12.1 Å². The Morgan fingerprint density at radius 1 is 1.40 bits per heavy atom. The number of rotatable bonds is 2. The molecular formula is C14H13F3O3. The summed E-state index contributed by atoms with van der Waals surface area (Å²) in [6, 6.07) is 3.18. The fraction of sp³-hybridized carbons (Fsp3) is 0.357. The number of hydrogen-bond donors (Lipinski definition) is 1.